The molecule has 1 aromatic rings. The normalized spacial score (nSPS) is 20.4. The monoisotopic (exact) mass is 249 g/mol. The van der Waals surface area contributed by atoms with E-state index >= 15 is 0 Å². The molecule has 18 heavy (non-hydrogen) atoms. The van der Waals surface area contributed by atoms with E-state index in [4.69, 9.17) is 4.74 Å². The summed E-state index contributed by atoms with van der Waals surface area (Å²) >= 11 is 0. The smallest absolute Gasteiger partial charge is 0.128 e. The van der Waals surface area contributed by atoms with Crippen LogP contribution < -0.4 is 10.2 Å². The van der Waals surface area contributed by atoms with Gasteiger partial charge in [0.1, 0.15) is 5.82 Å². The minimum atomic E-state index is 0.290. The molecule has 1 aliphatic heterocycles. The first-order chi connectivity index (χ1) is 8.65. The van der Waals surface area contributed by atoms with Crippen molar-refractivity contribution in [3.05, 3.63) is 23.9 Å². The summed E-state index contributed by atoms with van der Waals surface area (Å²) in [5, 5.41) is 3.43. The Morgan fingerprint density at radius 3 is 3.11 bits per heavy atom. The van der Waals surface area contributed by atoms with Gasteiger partial charge < -0.3 is 15.0 Å². The third-order valence-corrected chi connectivity index (χ3v) is 3.09. The van der Waals surface area contributed by atoms with Crippen LogP contribution in [0.15, 0.2) is 18.3 Å². The van der Waals surface area contributed by atoms with Crippen molar-refractivity contribution in [3.8, 4) is 0 Å². The van der Waals surface area contributed by atoms with Crippen LogP contribution in [0.1, 0.15) is 26.3 Å². The van der Waals surface area contributed by atoms with Crippen molar-refractivity contribution in [2.75, 3.05) is 24.6 Å². The second-order valence-electron chi connectivity index (χ2n) is 5.19. The predicted molar refractivity (Wildman–Crippen MR) is 73.8 cm³/mol. The Labute approximate surface area is 109 Å². The molecule has 0 aliphatic carbocycles. The van der Waals surface area contributed by atoms with Crippen molar-refractivity contribution in [2.45, 2.75) is 39.5 Å². The number of aromatic nitrogens is 1. The highest BCUT2D eigenvalue weighted by atomic mass is 16.5. The standard InChI is InChI=1S/C14H23N3O/c1-11(2)16-9-13-4-5-15-14(8-13)17-6-7-18-12(3)10-17/h4-5,8,11-12,16H,6-7,9-10H2,1-3H3. The van der Waals surface area contributed by atoms with E-state index in [-0.39, 0.29) is 6.10 Å². The first-order valence-corrected chi connectivity index (χ1v) is 6.70. The molecule has 0 bridgehead atoms. The van der Waals surface area contributed by atoms with Crippen LogP contribution in [0.3, 0.4) is 0 Å². The summed E-state index contributed by atoms with van der Waals surface area (Å²) in [7, 11) is 0. The molecule has 4 nitrogen and oxygen atoms in total. The Bertz CT molecular complexity index is 381. The largest absolute Gasteiger partial charge is 0.375 e. The Hall–Kier alpha value is -1.13. The molecule has 1 aromatic heterocycles. The number of rotatable bonds is 4. The maximum absolute atomic E-state index is 5.56. The number of nitrogens with zero attached hydrogens (tertiary/aromatic N) is 2. The summed E-state index contributed by atoms with van der Waals surface area (Å²) in [6.07, 6.45) is 2.19. The molecule has 2 heterocycles. The lowest BCUT2D eigenvalue weighted by molar-refractivity contribution is 0.0529. The maximum Gasteiger partial charge on any atom is 0.128 e. The lowest BCUT2D eigenvalue weighted by atomic mass is 10.2. The van der Waals surface area contributed by atoms with E-state index < -0.39 is 0 Å². The molecule has 0 amide bonds. The quantitative estimate of drug-likeness (QED) is 0.883. The molecule has 100 valence electrons. The average molecular weight is 249 g/mol. The summed E-state index contributed by atoms with van der Waals surface area (Å²) in [6, 6.07) is 4.75. The van der Waals surface area contributed by atoms with E-state index in [0.717, 1.165) is 32.1 Å². The minimum Gasteiger partial charge on any atom is -0.375 e. The Balaban J connectivity index is 2.02. The van der Waals surface area contributed by atoms with Crippen molar-refractivity contribution >= 4 is 5.82 Å². The van der Waals surface area contributed by atoms with Crippen LogP contribution in [0.25, 0.3) is 0 Å². The second kappa shape index (κ2) is 6.16. The fourth-order valence-electron chi connectivity index (χ4n) is 2.09. The van der Waals surface area contributed by atoms with Crippen molar-refractivity contribution in [3.63, 3.8) is 0 Å². The van der Waals surface area contributed by atoms with Crippen LogP contribution >= 0.6 is 0 Å². The summed E-state index contributed by atoms with van der Waals surface area (Å²) in [5.74, 6) is 1.06. The lowest BCUT2D eigenvalue weighted by Crippen LogP contribution is -2.41. The Kier molecular flexibility index (Phi) is 4.55. The van der Waals surface area contributed by atoms with Crippen LogP contribution in [-0.4, -0.2) is 36.8 Å². The third kappa shape index (κ3) is 3.68. The molecule has 4 heteroatoms. The molecule has 1 aliphatic rings. The topological polar surface area (TPSA) is 37.4 Å². The second-order valence-corrected chi connectivity index (χ2v) is 5.19. The highest BCUT2D eigenvalue weighted by molar-refractivity contribution is 5.41. The van der Waals surface area contributed by atoms with Gasteiger partial charge in [0.25, 0.3) is 0 Å². The highest BCUT2D eigenvalue weighted by Gasteiger charge is 2.17. The number of pyridine rings is 1. The van der Waals surface area contributed by atoms with Crippen LogP contribution in [0.4, 0.5) is 5.82 Å². The molecule has 1 N–H and O–H groups in total. The number of hydrogen-bond acceptors (Lipinski definition) is 4. The zero-order chi connectivity index (χ0) is 13.0. The Morgan fingerprint density at radius 2 is 2.39 bits per heavy atom. The Morgan fingerprint density at radius 1 is 1.56 bits per heavy atom. The van der Waals surface area contributed by atoms with Gasteiger partial charge in [-0.2, -0.15) is 0 Å². The summed E-state index contributed by atoms with van der Waals surface area (Å²) in [6.45, 7) is 9.96. The van der Waals surface area contributed by atoms with E-state index in [1.165, 1.54) is 5.56 Å². The van der Waals surface area contributed by atoms with Gasteiger partial charge in [0.15, 0.2) is 0 Å². The van der Waals surface area contributed by atoms with E-state index in [2.05, 4.69) is 48.1 Å². The molecule has 1 atom stereocenters. The van der Waals surface area contributed by atoms with Gasteiger partial charge in [-0.15, -0.1) is 0 Å². The SMILES string of the molecule is CC(C)NCc1ccnc(N2CCOC(C)C2)c1. The van der Waals surface area contributed by atoms with Crippen LogP contribution in [0.2, 0.25) is 0 Å². The molecule has 0 saturated carbocycles. The fourth-order valence-corrected chi connectivity index (χ4v) is 2.09. The van der Waals surface area contributed by atoms with Crippen molar-refractivity contribution in [1.29, 1.82) is 0 Å². The maximum atomic E-state index is 5.56. The van der Waals surface area contributed by atoms with E-state index in [9.17, 15) is 0 Å². The molecular weight excluding hydrogens is 226 g/mol. The number of anilines is 1. The number of nitrogens with one attached hydrogen (secondary N) is 1. The zero-order valence-electron chi connectivity index (χ0n) is 11.5. The van der Waals surface area contributed by atoms with Gasteiger partial charge in [0.2, 0.25) is 0 Å². The molecule has 1 fully saturated rings. The third-order valence-electron chi connectivity index (χ3n) is 3.09. The summed E-state index contributed by atoms with van der Waals surface area (Å²) in [4.78, 5) is 6.77. The van der Waals surface area contributed by atoms with Gasteiger partial charge in [-0.1, -0.05) is 13.8 Å². The number of morpholine rings is 1. The fraction of sp³-hybridized carbons (Fsp3) is 0.643. The van der Waals surface area contributed by atoms with E-state index in [1.807, 2.05) is 6.20 Å². The molecular formula is C14H23N3O. The lowest BCUT2D eigenvalue weighted by Gasteiger charge is -2.32. The van der Waals surface area contributed by atoms with E-state index in [1.54, 1.807) is 0 Å². The first-order valence-electron chi connectivity index (χ1n) is 6.70. The van der Waals surface area contributed by atoms with Gasteiger partial charge >= 0.3 is 0 Å². The van der Waals surface area contributed by atoms with Crippen molar-refractivity contribution < 1.29 is 4.74 Å². The predicted octanol–water partition coefficient (Wildman–Crippen LogP) is 1.80. The number of ether oxygens (including phenoxy) is 1. The minimum absolute atomic E-state index is 0.290. The van der Waals surface area contributed by atoms with Crippen LogP contribution in [0, 0.1) is 0 Å². The van der Waals surface area contributed by atoms with Crippen LogP contribution in [-0.2, 0) is 11.3 Å². The molecule has 0 radical (unpaired) electrons. The van der Waals surface area contributed by atoms with Gasteiger partial charge in [0.05, 0.1) is 12.7 Å². The van der Waals surface area contributed by atoms with Crippen LogP contribution in [0.5, 0.6) is 0 Å². The molecule has 0 spiro atoms. The van der Waals surface area contributed by atoms with Gasteiger partial charge in [0, 0.05) is 31.9 Å². The van der Waals surface area contributed by atoms with Crippen molar-refractivity contribution in [1.82, 2.24) is 10.3 Å². The van der Waals surface area contributed by atoms with Gasteiger partial charge in [-0.05, 0) is 24.6 Å². The zero-order valence-corrected chi connectivity index (χ0v) is 11.5. The van der Waals surface area contributed by atoms with Gasteiger partial charge in [-0.25, -0.2) is 4.98 Å². The summed E-state index contributed by atoms with van der Waals surface area (Å²) in [5.41, 5.74) is 1.29. The summed E-state index contributed by atoms with van der Waals surface area (Å²) < 4.78 is 5.56. The molecule has 2 rings (SSSR count). The average Bonchev–Trinajstić information content (AvgIpc) is 2.37. The molecule has 1 unspecified atom stereocenters. The number of hydrogen-bond donors (Lipinski definition) is 1. The molecule has 0 aromatic carbocycles. The first kappa shape index (κ1) is 13.3. The van der Waals surface area contributed by atoms with Gasteiger partial charge in [-0.3, -0.25) is 0 Å². The highest BCUT2D eigenvalue weighted by Crippen LogP contribution is 2.16. The van der Waals surface area contributed by atoms with E-state index in [0.29, 0.717) is 6.04 Å². The molecule has 1 saturated heterocycles. The van der Waals surface area contributed by atoms with Crippen molar-refractivity contribution in [2.24, 2.45) is 0 Å².